The van der Waals surface area contributed by atoms with Gasteiger partial charge in [-0.25, -0.2) is 0 Å². The molecule has 0 aliphatic carbocycles. The largest absolute Gasteiger partial charge is 0.368 e. The van der Waals surface area contributed by atoms with Gasteiger partial charge in [0.25, 0.3) is 0 Å². The summed E-state index contributed by atoms with van der Waals surface area (Å²) in [7, 11) is 0. The third-order valence-electron chi connectivity index (χ3n) is 3.90. The summed E-state index contributed by atoms with van der Waals surface area (Å²) in [5.74, 6) is 0. The van der Waals surface area contributed by atoms with Crippen molar-refractivity contribution in [3.8, 4) is 0 Å². The molecule has 0 amide bonds. The summed E-state index contributed by atoms with van der Waals surface area (Å²) in [5, 5.41) is 3.73. The van der Waals surface area contributed by atoms with Crippen LogP contribution < -0.4 is 5.32 Å². The first-order valence-corrected chi connectivity index (χ1v) is 7.71. The van der Waals surface area contributed by atoms with Crippen LogP contribution in [0.4, 0.5) is 0 Å². The lowest BCUT2D eigenvalue weighted by molar-refractivity contribution is -0.0703. The Kier molecular flexibility index (Phi) is 4.10. The molecule has 0 saturated carbocycles. The number of rotatable bonds is 3. The number of nitrogens with one attached hydrogen (secondary N) is 1. The maximum absolute atomic E-state index is 6.14. The minimum Gasteiger partial charge on any atom is -0.368 e. The highest BCUT2D eigenvalue weighted by Crippen LogP contribution is 2.38. The Morgan fingerprint density at radius 1 is 1.26 bits per heavy atom. The molecule has 1 heterocycles. The van der Waals surface area contributed by atoms with Gasteiger partial charge in [0, 0.05) is 16.6 Å². The lowest BCUT2D eigenvalue weighted by atomic mass is 9.93. The Bertz CT molecular complexity index is 456. The van der Waals surface area contributed by atoms with Crippen LogP contribution in [0.5, 0.6) is 0 Å². The molecule has 1 aromatic carbocycles. The summed E-state index contributed by atoms with van der Waals surface area (Å²) >= 11 is 3.63. The standard InChI is InChI=1S/C16H24BrNO/c1-11(12-8-6-7-9-13(12)17)18-14-10-15(2,3)19-16(14,4)5/h6-9,11,14,18H,10H2,1-5H3/t11-,14?/m1/s1. The van der Waals surface area contributed by atoms with E-state index in [0.29, 0.717) is 12.1 Å². The van der Waals surface area contributed by atoms with Gasteiger partial charge in [-0.3, -0.25) is 0 Å². The molecule has 1 unspecified atom stereocenters. The van der Waals surface area contributed by atoms with Crippen LogP contribution in [-0.4, -0.2) is 17.2 Å². The fourth-order valence-electron chi connectivity index (χ4n) is 3.04. The van der Waals surface area contributed by atoms with E-state index in [-0.39, 0.29) is 11.2 Å². The molecule has 2 atom stereocenters. The lowest BCUT2D eigenvalue weighted by Crippen LogP contribution is -2.44. The molecule has 1 saturated heterocycles. The van der Waals surface area contributed by atoms with Crippen molar-refractivity contribution in [3.63, 3.8) is 0 Å². The molecule has 1 fully saturated rings. The highest BCUT2D eigenvalue weighted by Gasteiger charge is 2.46. The number of ether oxygens (including phenoxy) is 1. The van der Waals surface area contributed by atoms with Gasteiger partial charge in [0.15, 0.2) is 0 Å². The zero-order valence-corrected chi connectivity index (χ0v) is 14.0. The fourth-order valence-corrected chi connectivity index (χ4v) is 3.67. The second-order valence-electron chi connectivity index (χ2n) is 6.63. The van der Waals surface area contributed by atoms with Crippen LogP contribution in [0.2, 0.25) is 0 Å². The van der Waals surface area contributed by atoms with Gasteiger partial charge in [0.05, 0.1) is 11.2 Å². The first kappa shape index (κ1) is 15.0. The number of hydrogen-bond donors (Lipinski definition) is 1. The summed E-state index contributed by atoms with van der Waals surface area (Å²) in [6, 6.07) is 9.05. The first-order valence-electron chi connectivity index (χ1n) is 6.92. The van der Waals surface area contributed by atoms with Crippen LogP contribution in [-0.2, 0) is 4.74 Å². The quantitative estimate of drug-likeness (QED) is 0.886. The molecule has 1 aliphatic rings. The molecular formula is C16H24BrNO. The van der Waals surface area contributed by atoms with E-state index in [1.807, 2.05) is 6.07 Å². The van der Waals surface area contributed by atoms with Gasteiger partial charge in [-0.2, -0.15) is 0 Å². The average Bonchev–Trinajstić information content (AvgIpc) is 2.47. The van der Waals surface area contributed by atoms with Gasteiger partial charge >= 0.3 is 0 Å². The van der Waals surface area contributed by atoms with Gasteiger partial charge in [-0.1, -0.05) is 34.1 Å². The van der Waals surface area contributed by atoms with Crippen LogP contribution in [0.1, 0.15) is 52.6 Å². The highest BCUT2D eigenvalue weighted by atomic mass is 79.9. The van der Waals surface area contributed by atoms with Gasteiger partial charge in [0.2, 0.25) is 0 Å². The Balaban J connectivity index is 2.12. The van der Waals surface area contributed by atoms with Gasteiger partial charge in [-0.05, 0) is 52.7 Å². The zero-order valence-electron chi connectivity index (χ0n) is 12.5. The number of hydrogen-bond acceptors (Lipinski definition) is 2. The number of halogens is 1. The van der Waals surface area contributed by atoms with Crippen molar-refractivity contribution >= 4 is 15.9 Å². The third-order valence-corrected chi connectivity index (χ3v) is 4.62. The van der Waals surface area contributed by atoms with Crippen molar-refractivity contribution < 1.29 is 4.74 Å². The van der Waals surface area contributed by atoms with E-state index >= 15 is 0 Å². The highest BCUT2D eigenvalue weighted by molar-refractivity contribution is 9.10. The molecule has 2 rings (SSSR count). The molecule has 0 aromatic heterocycles. The predicted octanol–water partition coefficient (Wildman–Crippen LogP) is 4.45. The van der Waals surface area contributed by atoms with Crippen molar-refractivity contribution in [3.05, 3.63) is 34.3 Å². The Morgan fingerprint density at radius 2 is 1.89 bits per heavy atom. The van der Waals surface area contributed by atoms with E-state index < -0.39 is 0 Å². The topological polar surface area (TPSA) is 21.3 Å². The van der Waals surface area contributed by atoms with Gasteiger partial charge in [0.1, 0.15) is 0 Å². The van der Waals surface area contributed by atoms with Crippen LogP contribution in [0.25, 0.3) is 0 Å². The molecule has 0 radical (unpaired) electrons. The van der Waals surface area contributed by atoms with Crippen LogP contribution >= 0.6 is 15.9 Å². The van der Waals surface area contributed by atoms with Crippen molar-refractivity contribution in [1.82, 2.24) is 5.32 Å². The minimum atomic E-state index is -0.126. The van der Waals surface area contributed by atoms with E-state index in [1.165, 1.54) is 5.56 Å². The van der Waals surface area contributed by atoms with Crippen LogP contribution in [0, 0.1) is 0 Å². The molecule has 2 nitrogen and oxygen atoms in total. The van der Waals surface area contributed by atoms with Crippen molar-refractivity contribution in [2.45, 2.75) is 64.3 Å². The number of benzene rings is 1. The minimum absolute atomic E-state index is 0.0468. The Morgan fingerprint density at radius 3 is 2.42 bits per heavy atom. The summed E-state index contributed by atoms with van der Waals surface area (Å²) in [6.07, 6.45) is 1.04. The molecule has 19 heavy (non-hydrogen) atoms. The second kappa shape index (κ2) is 5.19. The lowest BCUT2D eigenvalue weighted by Gasteiger charge is -2.30. The summed E-state index contributed by atoms with van der Waals surface area (Å²) in [4.78, 5) is 0. The second-order valence-corrected chi connectivity index (χ2v) is 7.49. The smallest absolute Gasteiger partial charge is 0.0787 e. The zero-order chi connectivity index (χ0) is 14.3. The fraction of sp³-hybridized carbons (Fsp3) is 0.625. The van der Waals surface area contributed by atoms with Gasteiger partial charge in [-0.15, -0.1) is 0 Å². The maximum atomic E-state index is 6.14. The molecule has 106 valence electrons. The van der Waals surface area contributed by atoms with E-state index in [9.17, 15) is 0 Å². The third kappa shape index (κ3) is 3.39. The summed E-state index contributed by atoms with van der Waals surface area (Å²) in [6.45, 7) is 10.9. The van der Waals surface area contributed by atoms with Crippen molar-refractivity contribution in [2.24, 2.45) is 0 Å². The average molecular weight is 326 g/mol. The summed E-state index contributed by atoms with van der Waals surface area (Å²) < 4.78 is 7.30. The first-order chi connectivity index (χ1) is 8.71. The SMILES string of the molecule is C[C@@H](NC1CC(C)(C)OC1(C)C)c1ccccc1Br. The Labute approximate surface area is 125 Å². The molecule has 1 aromatic rings. The van der Waals surface area contributed by atoms with E-state index in [2.05, 4.69) is 74.1 Å². The Hall–Kier alpha value is -0.380. The van der Waals surface area contributed by atoms with E-state index in [0.717, 1.165) is 10.9 Å². The molecule has 1 aliphatic heterocycles. The van der Waals surface area contributed by atoms with Crippen molar-refractivity contribution in [1.29, 1.82) is 0 Å². The van der Waals surface area contributed by atoms with Gasteiger partial charge < -0.3 is 10.1 Å². The molecule has 1 N–H and O–H groups in total. The molecule has 3 heteroatoms. The summed E-state index contributed by atoms with van der Waals surface area (Å²) in [5.41, 5.74) is 1.12. The maximum Gasteiger partial charge on any atom is 0.0787 e. The molecule has 0 bridgehead atoms. The molecule has 0 spiro atoms. The van der Waals surface area contributed by atoms with Crippen LogP contribution in [0.3, 0.4) is 0 Å². The van der Waals surface area contributed by atoms with Crippen molar-refractivity contribution in [2.75, 3.05) is 0 Å². The van der Waals surface area contributed by atoms with E-state index in [4.69, 9.17) is 4.74 Å². The molecular weight excluding hydrogens is 302 g/mol. The predicted molar refractivity (Wildman–Crippen MR) is 83.3 cm³/mol. The van der Waals surface area contributed by atoms with Crippen LogP contribution in [0.15, 0.2) is 28.7 Å². The normalized spacial score (nSPS) is 26.3. The monoisotopic (exact) mass is 325 g/mol. The van der Waals surface area contributed by atoms with E-state index in [1.54, 1.807) is 0 Å².